The summed E-state index contributed by atoms with van der Waals surface area (Å²) in [7, 11) is 0. The minimum Gasteiger partial charge on any atom is -0.481 e. The molecule has 1 saturated heterocycles. The molecular weight excluding hydrogens is 376 g/mol. The van der Waals surface area contributed by atoms with E-state index in [1.807, 2.05) is 13.0 Å². The zero-order valence-electron chi connectivity index (χ0n) is 17.9. The van der Waals surface area contributed by atoms with Gasteiger partial charge in [-0.2, -0.15) is 0 Å². The molecule has 1 fully saturated rings. The van der Waals surface area contributed by atoms with Gasteiger partial charge in [-0.15, -0.1) is 0 Å². The second-order valence-corrected chi connectivity index (χ2v) is 8.14. The second kappa shape index (κ2) is 9.98. The molecule has 0 bridgehead atoms. The van der Waals surface area contributed by atoms with Crippen LogP contribution in [0, 0.1) is 0 Å². The van der Waals surface area contributed by atoms with Gasteiger partial charge in [0.25, 0.3) is 5.91 Å². The van der Waals surface area contributed by atoms with Gasteiger partial charge in [0.1, 0.15) is 5.75 Å². The Morgan fingerprint density at radius 2 is 1.80 bits per heavy atom. The molecule has 1 aliphatic carbocycles. The summed E-state index contributed by atoms with van der Waals surface area (Å²) in [6.45, 7) is 5.90. The van der Waals surface area contributed by atoms with E-state index in [1.54, 1.807) is 0 Å². The summed E-state index contributed by atoms with van der Waals surface area (Å²) in [6.07, 6.45) is 4.92. The monoisotopic (exact) mass is 408 g/mol. The Morgan fingerprint density at radius 3 is 2.53 bits per heavy atom. The highest BCUT2D eigenvalue weighted by atomic mass is 16.5. The zero-order chi connectivity index (χ0) is 20.8. The Hall–Kier alpha value is -2.53. The first kappa shape index (κ1) is 20.7. The van der Waals surface area contributed by atoms with E-state index < -0.39 is 6.10 Å². The van der Waals surface area contributed by atoms with Crippen molar-refractivity contribution in [2.45, 2.75) is 51.7 Å². The first-order valence-corrected chi connectivity index (χ1v) is 11.2. The maximum atomic E-state index is 12.7. The van der Waals surface area contributed by atoms with E-state index in [0.717, 1.165) is 50.5 Å². The predicted octanol–water partition coefficient (Wildman–Crippen LogP) is 3.88. The standard InChI is InChI=1S/C25H32N2O3/c1-2-24(30-23-12-9-20-5-3-4-6-21(20)17-23)25(28)26-18-19-7-10-22(11-8-19)27-13-15-29-16-14-27/h7-12,17,24H,2-6,13-16,18H2,1H3,(H,26,28). The molecule has 4 rings (SSSR count). The maximum Gasteiger partial charge on any atom is 0.261 e. The molecule has 5 heteroatoms. The number of aryl methyl sites for hydroxylation is 2. The summed E-state index contributed by atoms with van der Waals surface area (Å²) in [5, 5.41) is 3.03. The van der Waals surface area contributed by atoms with E-state index in [1.165, 1.54) is 29.7 Å². The molecule has 2 aromatic rings. The molecule has 1 unspecified atom stereocenters. The molecule has 0 saturated carbocycles. The van der Waals surface area contributed by atoms with E-state index in [2.05, 4.69) is 46.6 Å². The number of hydrogen-bond donors (Lipinski definition) is 1. The van der Waals surface area contributed by atoms with E-state index in [0.29, 0.717) is 13.0 Å². The fourth-order valence-electron chi connectivity index (χ4n) is 4.22. The first-order valence-electron chi connectivity index (χ1n) is 11.2. The molecule has 5 nitrogen and oxygen atoms in total. The Kier molecular flexibility index (Phi) is 6.90. The fraction of sp³-hybridized carbons (Fsp3) is 0.480. The van der Waals surface area contributed by atoms with Gasteiger partial charge in [0.2, 0.25) is 0 Å². The summed E-state index contributed by atoms with van der Waals surface area (Å²) in [5.74, 6) is 0.736. The van der Waals surface area contributed by atoms with Crippen LogP contribution in [0.2, 0.25) is 0 Å². The smallest absolute Gasteiger partial charge is 0.261 e. The molecule has 160 valence electrons. The van der Waals surface area contributed by atoms with Crippen LogP contribution in [0.1, 0.15) is 42.9 Å². The number of anilines is 1. The van der Waals surface area contributed by atoms with Gasteiger partial charge in [-0.25, -0.2) is 0 Å². The lowest BCUT2D eigenvalue weighted by atomic mass is 9.92. The molecular formula is C25H32N2O3. The molecule has 0 aromatic heterocycles. The van der Waals surface area contributed by atoms with Crippen LogP contribution in [0.4, 0.5) is 5.69 Å². The van der Waals surface area contributed by atoms with Crippen molar-refractivity contribution in [1.82, 2.24) is 5.32 Å². The SMILES string of the molecule is CCC(Oc1ccc2c(c1)CCCC2)C(=O)NCc1ccc(N2CCOCC2)cc1. The largest absolute Gasteiger partial charge is 0.481 e. The molecule has 1 aliphatic heterocycles. The highest BCUT2D eigenvalue weighted by molar-refractivity contribution is 5.81. The number of fused-ring (bicyclic) bond motifs is 1. The van der Waals surface area contributed by atoms with E-state index in [4.69, 9.17) is 9.47 Å². The van der Waals surface area contributed by atoms with Crippen molar-refractivity contribution in [3.8, 4) is 5.75 Å². The van der Waals surface area contributed by atoms with Gasteiger partial charge in [0.05, 0.1) is 13.2 Å². The van der Waals surface area contributed by atoms with E-state index >= 15 is 0 Å². The molecule has 1 atom stereocenters. The van der Waals surface area contributed by atoms with Gasteiger partial charge in [-0.3, -0.25) is 4.79 Å². The molecule has 1 amide bonds. The molecule has 0 radical (unpaired) electrons. The fourth-order valence-corrected chi connectivity index (χ4v) is 4.22. The minimum atomic E-state index is -0.473. The lowest BCUT2D eigenvalue weighted by molar-refractivity contribution is -0.128. The Bertz CT molecular complexity index is 844. The number of hydrogen-bond acceptors (Lipinski definition) is 4. The van der Waals surface area contributed by atoms with E-state index in [-0.39, 0.29) is 5.91 Å². The van der Waals surface area contributed by atoms with Crippen molar-refractivity contribution in [2.75, 3.05) is 31.2 Å². The van der Waals surface area contributed by atoms with Crippen LogP contribution < -0.4 is 15.0 Å². The third-order valence-electron chi connectivity index (χ3n) is 6.04. The molecule has 1 heterocycles. The van der Waals surface area contributed by atoms with Crippen LogP contribution in [0.5, 0.6) is 5.75 Å². The van der Waals surface area contributed by atoms with Crippen molar-refractivity contribution in [1.29, 1.82) is 0 Å². The number of carbonyl (C=O) groups excluding carboxylic acids is 1. The van der Waals surface area contributed by atoms with Crippen molar-refractivity contribution in [2.24, 2.45) is 0 Å². The van der Waals surface area contributed by atoms with Crippen LogP contribution in [0.3, 0.4) is 0 Å². The Balaban J connectivity index is 1.31. The molecule has 0 spiro atoms. The number of ether oxygens (including phenoxy) is 2. The Morgan fingerprint density at radius 1 is 1.07 bits per heavy atom. The molecule has 2 aliphatic rings. The van der Waals surface area contributed by atoms with Crippen LogP contribution in [-0.4, -0.2) is 38.3 Å². The topological polar surface area (TPSA) is 50.8 Å². The number of benzene rings is 2. The van der Waals surface area contributed by atoms with Crippen LogP contribution in [0.15, 0.2) is 42.5 Å². The van der Waals surface area contributed by atoms with Crippen molar-refractivity contribution < 1.29 is 14.3 Å². The lowest BCUT2D eigenvalue weighted by Gasteiger charge is -2.29. The van der Waals surface area contributed by atoms with Crippen molar-refractivity contribution in [3.63, 3.8) is 0 Å². The summed E-state index contributed by atoms with van der Waals surface area (Å²) < 4.78 is 11.5. The third kappa shape index (κ3) is 5.14. The summed E-state index contributed by atoms with van der Waals surface area (Å²) in [6, 6.07) is 14.7. The van der Waals surface area contributed by atoms with Crippen molar-refractivity contribution >= 4 is 11.6 Å². The van der Waals surface area contributed by atoms with Gasteiger partial charge in [-0.1, -0.05) is 25.1 Å². The second-order valence-electron chi connectivity index (χ2n) is 8.14. The quantitative estimate of drug-likeness (QED) is 0.756. The molecule has 1 N–H and O–H groups in total. The first-order chi connectivity index (χ1) is 14.7. The normalized spacial score (nSPS) is 17.2. The number of rotatable bonds is 7. The molecule has 30 heavy (non-hydrogen) atoms. The predicted molar refractivity (Wildman–Crippen MR) is 119 cm³/mol. The average Bonchev–Trinajstić information content (AvgIpc) is 2.82. The number of amides is 1. The highest BCUT2D eigenvalue weighted by Crippen LogP contribution is 2.26. The minimum absolute atomic E-state index is 0.0625. The van der Waals surface area contributed by atoms with Gasteiger partial charge < -0.3 is 19.7 Å². The summed E-state index contributed by atoms with van der Waals surface area (Å²) >= 11 is 0. The average molecular weight is 409 g/mol. The Labute approximate surface area is 179 Å². The number of morpholine rings is 1. The summed E-state index contributed by atoms with van der Waals surface area (Å²) in [4.78, 5) is 15.0. The van der Waals surface area contributed by atoms with Crippen molar-refractivity contribution in [3.05, 3.63) is 59.2 Å². The lowest BCUT2D eigenvalue weighted by Crippen LogP contribution is -2.37. The number of nitrogens with zero attached hydrogens (tertiary/aromatic N) is 1. The van der Waals surface area contributed by atoms with Crippen LogP contribution >= 0.6 is 0 Å². The third-order valence-corrected chi connectivity index (χ3v) is 6.04. The van der Waals surface area contributed by atoms with Crippen LogP contribution in [0.25, 0.3) is 0 Å². The molecule has 2 aromatic carbocycles. The van der Waals surface area contributed by atoms with Gasteiger partial charge in [-0.05, 0) is 73.1 Å². The maximum absolute atomic E-state index is 12.7. The number of nitrogens with one attached hydrogen (secondary N) is 1. The van der Waals surface area contributed by atoms with Crippen LogP contribution in [-0.2, 0) is 28.9 Å². The zero-order valence-corrected chi connectivity index (χ0v) is 17.9. The highest BCUT2D eigenvalue weighted by Gasteiger charge is 2.19. The number of carbonyl (C=O) groups is 1. The van der Waals surface area contributed by atoms with E-state index in [9.17, 15) is 4.79 Å². The van der Waals surface area contributed by atoms with Gasteiger partial charge >= 0.3 is 0 Å². The van der Waals surface area contributed by atoms with Gasteiger partial charge in [0.15, 0.2) is 6.10 Å². The van der Waals surface area contributed by atoms with Gasteiger partial charge in [0, 0.05) is 25.3 Å². The summed E-state index contributed by atoms with van der Waals surface area (Å²) in [5.41, 5.74) is 5.08.